The van der Waals surface area contributed by atoms with Gasteiger partial charge in [-0.2, -0.15) is 0 Å². The van der Waals surface area contributed by atoms with Gasteiger partial charge in [0.25, 0.3) is 0 Å². The molecule has 0 saturated carbocycles. The SMILES string of the molecule is Cc1cc(C)c(CN(c2ccc(-c3ccccc3)cc2)c2ccc(C3C=CC(c4ccc(-c5cc(-c6ccccc6)cc(N(Cc6ccccc6Br)c6cc(-c7ccccc7)cc(-c7ccccc7)c6)c5)cc4)=CC3)cc2)cc1CC(CC1=CCC(C2=CC=CCC2)C=C1)c1ccc(-c2ccccc2)cc1. The number of nitrogens with zero attached hydrogens (tertiary/aromatic N) is 2. The molecule has 3 aliphatic carbocycles. The number of anilines is 4. The van der Waals surface area contributed by atoms with E-state index in [0.29, 0.717) is 18.4 Å². The lowest BCUT2D eigenvalue weighted by Gasteiger charge is -2.28. The minimum atomic E-state index is 0.254. The number of aryl methyl sites for hydroxylation is 2. The van der Waals surface area contributed by atoms with Crippen LogP contribution in [0.15, 0.2) is 392 Å². The molecular formula is C103H87BrN2. The van der Waals surface area contributed by atoms with Crippen molar-refractivity contribution >= 4 is 44.3 Å². The van der Waals surface area contributed by atoms with Crippen molar-refractivity contribution < 1.29 is 0 Å². The second-order valence-corrected chi connectivity index (χ2v) is 29.7. The van der Waals surface area contributed by atoms with Crippen LogP contribution in [0.25, 0.3) is 72.3 Å². The van der Waals surface area contributed by atoms with Crippen molar-refractivity contribution in [3.8, 4) is 66.8 Å². The predicted molar refractivity (Wildman–Crippen MR) is 454 cm³/mol. The first-order chi connectivity index (χ1) is 52.2. The summed E-state index contributed by atoms with van der Waals surface area (Å²) in [7, 11) is 0. The zero-order chi connectivity index (χ0) is 71.6. The normalized spacial score (nSPS) is 15.0. The van der Waals surface area contributed by atoms with E-state index in [4.69, 9.17) is 0 Å². The summed E-state index contributed by atoms with van der Waals surface area (Å²) in [5.41, 5.74) is 33.6. The molecule has 3 atom stereocenters. The summed E-state index contributed by atoms with van der Waals surface area (Å²) in [6.45, 7) is 6.01. The summed E-state index contributed by atoms with van der Waals surface area (Å²) in [6, 6.07) is 119. The first-order valence-corrected chi connectivity index (χ1v) is 38.5. The number of hydrogen-bond acceptors (Lipinski definition) is 2. The van der Waals surface area contributed by atoms with Crippen LogP contribution >= 0.6 is 15.9 Å². The average molecular weight is 1430 g/mol. The Morgan fingerprint density at radius 2 is 0.792 bits per heavy atom. The molecule has 0 heterocycles. The maximum Gasteiger partial charge on any atom is 0.0492 e. The molecule has 16 rings (SSSR count). The van der Waals surface area contributed by atoms with Crippen LogP contribution in [0.3, 0.4) is 0 Å². The standard InChI is InChI=1S/C103H87BrN2/c1-73-61-74(2)98(64-92(73)63-93(89-49-45-83(46-50-89)77-25-11-4-12-26-77)62-75-37-39-82(40-38-75)76-23-9-3-10-24-76)72-105(99-57-53-87(54-58-99)78-27-13-5-14-28-78)100-59-55-88(56-60-100)86-43-41-84(42-44-86)85-47-51-90(52-48-85)97-66-96(81-33-19-8-20-34-81)69-102(70-97)106(71-91-35-21-22-36-103(91)104)101-67-94(79-29-15-6-16-30-79)65-95(68-101)80-31-17-7-18-32-80/h3-9,11-23,25-39,41-43,45-61,64-70,82,86,93H,10,24,40,44,62-63,71-72H2,1-2H3. The molecule has 0 saturated heterocycles. The molecule has 0 bridgehead atoms. The summed E-state index contributed by atoms with van der Waals surface area (Å²) < 4.78 is 1.08. The van der Waals surface area contributed by atoms with Gasteiger partial charge in [-0.25, -0.2) is 0 Å². The van der Waals surface area contributed by atoms with Gasteiger partial charge in [0.05, 0.1) is 0 Å². The Morgan fingerprint density at radius 3 is 1.29 bits per heavy atom. The van der Waals surface area contributed by atoms with E-state index >= 15 is 0 Å². The molecule has 106 heavy (non-hydrogen) atoms. The van der Waals surface area contributed by atoms with Crippen LogP contribution in [0.4, 0.5) is 22.7 Å². The van der Waals surface area contributed by atoms with Crippen molar-refractivity contribution in [3.63, 3.8) is 0 Å². The maximum atomic E-state index is 3.95. The van der Waals surface area contributed by atoms with E-state index in [0.717, 1.165) is 72.0 Å². The fourth-order valence-corrected chi connectivity index (χ4v) is 16.2. The molecule has 3 heteroatoms. The molecule has 3 unspecified atom stereocenters. The second-order valence-electron chi connectivity index (χ2n) is 28.8. The van der Waals surface area contributed by atoms with Crippen LogP contribution in [0.1, 0.15) is 88.4 Å². The largest absolute Gasteiger partial charge is 0.337 e. The monoisotopic (exact) mass is 1430 g/mol. The van der Waals surface area contributed by atoms with Crippen LogP contribution in [0.5, 0.6) is 0 Å². The van der Waals surface area contributed by atoms with Gasteiger partial charge < -0.3 is 9.80 Å². The lowest BCUT2D eigenvalue weighted by atomic mass is 9.80. The maximum absolute atomic E-state index is 3.95. The number of rotatable bonds is 22. The third-order valence-electron chi connectivity index (χ3n) is 21.9. The third-order valence-corrected chi connectivity index (χ3v) is 22.7. The molecule has 0 aromatic heterocycles. The molecular weight excluding hydrogens is 1350 g/mol. The van der Waals surface area contributed by atoms with Gasteiger partial charge >= 0.3 is 0 Å². The highest BCUT2D eigenvalue weighted by atomic mass is 79.9. The Hall–Kier alpha value is -11.6. The molecule has 13 aromatic rings. The van der Waals surface area contributed by atoms with Crippen molar-refractivity contribution in [3.05, 3.63) is 436 Å². The Morgan fingerprint density at radius 1 is 0.358 bits per heavy atom. The summed E-state index contributed by atoms with van der Waals surface area (Å²) in [4.78, 5) is 5.02. The highest BCUT2D eigenvalue weighted by Gasteiger charge is 2.24. The van der Waals surface area contributed by atoms with Crippen molar-refractivity contribution in [2.24, 2.45) is 5.92 Å². The molecule has 516 valence electrons. The van der Waals surface area contributed by atoms with Gasteiger partial charge in [0.15, 0.2) is 0 Å². The highest BCUT2D eigenvalue weighted by molar-refractivity contribution is 9.10. The van der Waals surface area contributed by atoms with Gasteiger partial charge in [-0.15, -0.1) is 0 Å². The van der Waals surface area contributed by atoms with Crippen molar-refractivity contribution in [2.45, 2.75) is 77.3 Å². The second kappa shape index (κ2) is 32.2. The lowest BCUT2D eigenvalue weighted by Crippen LogP contribution is -2.18. The fraction of sp³-hybridized carbons (Fsp3) is 0.126. The number of hydrogen-bond donors (Lipinski definition) is 0. The molecule has 0 spiro atoms. The molecule has 3 aliphatic rings. The zero-order valence-electron chi connectivity index (χ0n) is 60.5. The van der Waals surface area contributed by atoms with E-state index in [1.165, 1.54) is 123 Å². The number of benzene rings is 13. The molecule has 0 amide bonds. The molecule has 0 N–H and O–H groups in total. The van der Waals surface area contributed by atoms with Gasteiger partial charge in [0.1, 0.15) is 0 Å². The minimum absolute atomic E-state index is 0.254. The highest BCUT2D eigenvalue weighted by Crippen LogP contribution is 2.43. The summed E-state index contributed by atoms with van der Waals surface area (Å²) in [6.07, 6.45) is 27.8. The van der Waals surface area contributed by atoms with Crippen LogP contribution in [-0.4, -0.2) is 0 Å². The Balaban J connectivity index is 0.669. The number of halogens is 1. The van der Waals surface area contributed by atoms with E-state index in [2.05, 4.69) is 416 Å². The van der Waals surface area contributed by atoms with Gasteiger partial charge in [0, 0.05) is 52.1 Å². The van der Waals surface area contributed by atoms with Gasteiger partial charge in [-0.3, -0.25) is 0 Å². The van der Waals surface area contributed by atoms with Crippen molar-refractivity contribution in [2.75, 3.05) is 9.80 Å². The smallest absolute Gasteiger partial charge is 0.0492 e. The molecule has 0 fully saturated rings. The Labute approximate surface area is 635 Å². The Bertz CT molecular complexity index is 5340. The van der Waals surface area contributed by atoms with Gasteiger partial charge in [-0.1, -0.05) is 337 Å². The summed E-state index contributed by atoms with van der Waals surface area (Å²) in [5, 5.41) is 0. The average Bonchev–Trinajstić information content (AvgIpc) is 0.802. The zero-order valence-corrected chi connectivity index (χ0v) is 62.0. The lowest BCUT2D eigenvalue weighted by molar-refractivity contribution is 0.659. The first kappa shape index (κ1) is 68.8. The third kappa shape index (κ3) is 16.0. The first-order valence-electron chi connectivity index (χ1n) is 37.7. The molecule has 0 radical (unpaired) electrons. The molecule has 0 aliphatic heterocycles. The minimum Gasteiger partial charge on any atom is -0.337 e. The van der Waals surface area contributed by atoms with Crippen LogP contribution in [0, 0.1) is 19.8 Å². The van der Waals surface area contributed by atoms with Crippen LogP contribution < -0.4 is 9.80 Å². The van der Waals surface area contributed by atoms with E-state index in [9.17, 15) is 0 Å². The van der Waals surface area contributed by atoms with E-state index < -0.39 is 0 Å². The topological polar surface area (TPSA) is 6.48 Å². The van der Waals surface area contributed by atoms with Gasteiger partial charge in [0.2, 0.25) is 0 Å². The van der Waals surface area contributed by atoms with E-state index in [-0.39, 0.29) is 5.92 Å². The summed E-state index contributed by atoms with van der Waals surface area (Å²) >= 11 is 3.95. The van der Waals surface area contributed by atoms with Gasteiger partial charge in [-0.05, 0) is 242 Å². The van der Waals surface area contributed by atoms with E-state index in [1.54, 1.807) is 5.57 Å². The van der Waals surface area contributed by atoms with E-state index in [1.807, 2.05) is 0 Å². The van der Waals surface area contributed by atoms with Crippen LogP contribution in [0.2, 0.25) is 0 Å². The Kier molecular flexibility index (Phi) is 20.9. The number of allylic oxidation sites excluding steroid dienone is 12. The quantitative estimate of drug-likeness (QED) is 0.0667. The summed E-state index contributed by atoms with van der Waals surface area (Å²) in [5.74, 6) is 1.05. The van der Waals surface area contributed by atoms with Crippen molar-refractivity contribution in [1.82, 2.24) is 0 Å². The predicted octanol–water partition coefficient (Wildman–Crippen LogP) is 28.4. The molecule has 13 aromatic carbocycles. The van der Waals surface area contributed by atoms with Crippen molar-refractivity contribution in [1.29, 1.82) is 0 Å². The van der Waals surface area contributed by atoms with Crippen LogP contribution in [-0.2, 0) is 19.5 Å². The molecule has 2 nitrogen and oxygen atoms in total. The fourth-order valence-electron chi connectivity index (χ4n) is 15.8.